The van der Waals surface area contributed by atoms with Gasteiger partial charge < -0.3 is 9.47 Å². The molecular weight excluding hydrogens is 308 g/mol. The lowest BCUT2D eigenvalue weighted by molar-refractivity contribution is -0.147. The van der Waals surface area contributed by atoms with Crippen molar-refractivity contribution in [2.24, 2.45) is 5.41 Å². The van der Waals surface area contributed by atoms with E-state index in [0.717, 1.165) is 5.56 Å². The van der Waals surface area contributed by atoms with E-state index >= 15 is 0 Å². The zero-order valence-corrected chi connectivity index (χ0v) is 13.6. The molecule has 1 aliphatic rings. The number of carbonyl (C=O) groups is 2. The number of likely N-dealkylation sites (tertiary alicyclic amines) is 1. The maximum absolute atomic E-state index is 12.4. The summed E-state index contributed by atoms with van der Waals surface area (Å²) in [7, 11) is 1.24. The minimum absolute atomic E-state index is 0.102. The molecule has 1 amide bonds. The van der Waals surface area contributed by atoms with Crippen LogP contribution < -0.4 is 0 Å². The average Bonchev–Trinajstić information content (AvgIpc) is 3.00. The molecule has 0 saturated carbocycles. The fourth-order valence-electron chi connectivity index (χ4n) is 2.98. The largest absolute Gasteiger partial charge is 0.467 e. The Kier molecular flexibility index (Phi) is 5.59. The lowest BCUT2D eigenvalue weighted by Gasteiger charge is -2.29. The van der Waals surface area contributed by atoms with Gasteiger partial charge in [-0.15, -0.1) is 6.58 Å². The fraction of sp³-hybridized carbons (Fsp3) is 0.389. The molecule has 0 aromatic heterocycles. The summed E-state index contributed by atoms with van der Waals surface area (Å²) in [6, 6.07) is 10.4. The van der Waals surface area contributed by atoms with Gasteiger partial charge in [0.15, 0.2) is 6.04 Å². The highest BCUT2D eigenvalue weighted by atomic mass is 16.6. The summed E-state index contributed by atoms with van der Waals surface area (Å²) in [6.45, 7) is 4.01. The van der Waals surface area contributed by atoms with Crippen LogP contribution >= 0.6 is 0 Å². The van der Waals surface area contributed by atoms with E-state index < -0.39 is 23.5 Å². The van der Waals surface area contributed by atoms with Gasteiger partial charge in [-0.2, -0.15) is 5.26 Å². The molecule has 0 bridgehead atoms. The summed E-state index contributed by atoms with van der Waals surface area (Å²) in [6.07, 6.45) is 1.62. The summed E-state index contributed by atoms with van der Waals surface area (Å²) in [5, 5.41) is 9.59. The minimum Gasteiger partial charge on any atom is -0.467 e. The number of hydrogen-bond donors (Lipinski definition) is 0. The number of carbonyl (C=O) groups excluding carboxylic acids is 2. The monoisotopic (exact) mass is 328 g/mol. The van der Waals surface area contributed by atoms with E-state index in [2.05, 4.69) is 12.6 Å². The molecule has 1 heterocycles. The predicted octanol–water partition coefficient (Wildman–Crippen LogP) is 2.66. The van der Waals surface area contributed by atoms with Crippen molar-refractivity contribution in [3.05, 3.63) is 48.6 Å². The Balaban J connectivity index is 2.15. The third-order valence-corrected chi connectivity index (χ3v) is 4.23. The standard InChI is InChI=1S/C18H20N2O4/c1-3-9-18(13-19)10-11-20(15(18)16(21)23-2)17(22)24-12-14-7-5-4-6-8-14/h3-8,15H,1,9-12H2,2H3/t15-,18-/m1/s1. The third-order valence-electron chi connectivity index (χ3n) is 4.23. The number of esters is 1. The van der Waals surface area contributed by atoms with Crippen molar-refractivity contribution in [1.82, 2.24) is 4.90 Å². The normalized spacial score (nSPS) is 22.5. The smallest absolute Gasteiger partial charge is 0.410 e. The van der Waals surface area contributed by atoms with E-state index in [9.17, 15) is 14.9 Å². The molecule has 1 aromatic carbocycles. The molecule has 1 aromatic rings. The summed E-state index contributed by atoms with van der Waals surface area (Å²) in [5.41, 5.74) is -0.182. The van der Waals surface area contributed by atoms with Gasteiger partial charge in [-0.1, -0.05) is 36.4 Å². The first-order chi connectivity index (χ1) is 11.6. The minimum atomic E-state index is -1.03. The van der Waals surface area contributed by atoms with E-state index in [1.807, 2.05) is 30.3 Å². The summed E-state index contributed by atoms with van der Waals surface area (Å²) in [4.78, 5) is 25.9. The number of nitrogens with zero attached hydrogens (tertiary/aromatic N) is 2. The second-order valence-electron chi connectivity index (χ2n) is 5.67. The molecule has 1 saturated heterocycles. The van der Waals surface area contributed by atoms with Gasteiger partial charge in [-0.3, -0.25) is 4.90 Å². The van der Waals surface area contributed by atoms with Gasteiger partial charge in [-0.25, -0.2) is 9.59 Å². The van der Waals surface area contributed by atoms with Gasteiger partial charge in [-0.05, 0) is 18.4 Å². The first-order valence-electron chi connectivity index (χ1n) is 7.65. The van der Waals surface area contributed by atoms with Crippen LogP contribution in [-0.2, 0) is 20.9 Å². The molecule has 126 valence electrons. The van der Waals surface area contributed by atoms with Gasteiger partial charge >= 0.3 is 12.1 Å². The lowest BCUT2D eigenvalue weighted by Crippen LogP contribution is -2.48. The highest BCUT2D eigenvalue weighted by molar-refractivity contribution is 5.83. The molecule has 2 rings (SSSR count). The first kappa shape index (κ1) is 17.5. The Hall–Kier alpha value is -2.81. The van der Waals surface area contributed by atoms with Crippen molar-refractivity contribution in [3.63, 3.8) is 0 Å². The van der Waals surface area contributed by atoms with Crippen LogP contribution in [0.5, 0.6) is 0 Å². The Morgan fingerprint density at radius 2 is 2.17 bits per heavy atom. The number of amides is 1. The Morgan fingerprint density at radius 3 is 2.75 bits per heavy atom. The molecule has 0 aliphatic carbocycles. The van der Waals surface area contributed by atoms with Crippen LogP contribution in [0.3, 0.4) is 0 Å². The van der Waals surface area contributed by atoms with E-state index in [4.69, 9.17) is 9.47 Å². The van der Waals surface area contributed by atoms with Gasteiger partial charge in [0.25, 0.3) is 0 Å². The Morgan fingerprint density at radius 1 is 1.46 bits per heavy atom. The number of benzene rings is 1. The highest BCUT2D eigenvalue weighted by Gasteiger charge is 2.54. The van der Waals surface area contributed by atoms with Crippen molar-refractivity contribution in [2.75, 3.05) is 13.7 Å². The van der Waals surface area contributed by atoms with Crippen LogP contribution in [0.4, 0.5) is 4.79 Å². The van der Waals surface area contributed by atoms with E-state index in [1.54, 1.807) is 6.08 Å². The van der Waals surface area contributed by atoms with E-state index in [1.165, 1.54) is 12.0 Å². The molecular formula is C18H20N2O4. The fourth-order valence-corrected chi connectivity index (χ4v) is 2.98. The highest BCUT2D eigenvalue weighted by Crippen LogP contribution is 2.41. The molecule has 2 atom stereocenters. The van der Waals surface area contributed by atoms with Gasteiger partial charge in [0.05, 0.1) is 18.6 Å². The van der Waals surface area contributed by atoms with Crippen molar-refractivity contribution >= 4 is 12.1 Å². The van der Waals surface area contributed by atoms with Crippen LogP contribution in [0.1, 0.15) is 18.4 Å². The van der Waals surface area contributed by atoms with Gasteiger partial charge in [0.1, 0.15) is 6.61 Å². The Bertz CT molecular complexity index is 653. The maximum Gasteiger partial charge on any atom is 0.410 e. The number of nitriles is 1. The second-order valence-corrected chi connectivity index (χ2v) is 5.67. The molecule has 24 heavy (non-hydrogen) atoms. The number of methoxy groups -OCH3 is 1. The van der Waals surface area contributed by atoms with Crippen LogP contribution in [-0.4, -0.2) is 36.7 Å². The number of hydrogen-bond acceptors (Lipinski definition) is 5. The molecule has 0 N–H and O–H groups in total. The maximum atomic E-state index is 12.4. The molecule has 0 spiro atoms. The van der Waals surface area contributed by atoms with Crippen molar-refractivity contribution < 1.29 is 19.1 Å². The number of rotatable bonds is 5. The molecule has 6 heteroatoms. The zero-order chi connectivity index (χ0) is 17.6. The van der Waals surface area contributed by atoms with Crippen LogP contribution in [0.25, 0.3) is 0 Å². The Labute approximate surface area is 141 Å². The topological polar surface area (TPSA) is 79.6 Å². The quantitative estimate of drug-likeness (QED) is 0.613. The van der Waals surface area contributed by atoms with Crippen LogP contribution in [0.2, 0.25) is 0 Å². The third kappa shape index (κ3) is 3.40. The van der Waals surface area contributed by atoms with Crippen molar-refractivity contribution in [2.45, 2.75) is 25.5 Å². The molecule has 1 aliphatic heterocycles. The van der Waals surface area contributed by atoms with Gasteiger partial charge in [0, 0.05) is 6.54 Å². The SMILES string of the molecule is C=CC[C@]1(C#N)CCN(C(=O)OCc2ccccc2)[C@@H]1C(=O)OC. The summed E-state index contributed by atoms with van der Waals surface area (Å²) < 4.78 is 10.1. The van der Waals surface area contributed by atoms with Crippen molar-refractivity contribution in [1.29, 1.82) is 5.26 Å². The summed E-state index contributed by atoms with van der Waals surface area (Å²) >= 11 is 0. The van der Waals surface area contributed by atoms with E-state index in [0.29, 0.717) is 12.8 Å². The molecule has 1 fully saturated rings. The van der Waals surface area contributed by atoms with Crippen LogP contribution in [0.15, 0.2) is 43.0 Å². The van der Waals surface area contributed by atoms with Crippen LogP contribution in [0, 0.1) is 16.7 Å². The lowest BCUT2D eigenvalue weighted by atomic mass is 9.78. The molecule has 0 radical (unpaired) electrons. The second kappa shape index (κ2) is 7.64. The molecule has 0 unspecified atom stereocenters. The van der Waals surface area contributed by atoms with Gasteiger partial charge in [0.2, 0.25) is 0 Å². The molecule has 6 nitrogen and oxygen atoms in total. The predicted molar refractivity (Wildman–Crippen MR) is 86.6 cm³/mol. The van der Waals surface area contributed by atoms with E-state index in [-0.39, 0.29) is 13.2 Å². The number of ether oxygens (including phenoxy) is 2. The first-order valence-corrected chi connectivity index (χ1v) is 7.65. The number of allylic oxidation sites excluding steroid dienone is 1. The zero-order valence-electron chi connectivity index (χ0n) is 13.6. The average molecular weight is 328 g/mol. The van der Waals surface area contributed by atoms with Crippen molar-refractivity contribution in [3.8, 4) is 6.07 Å². The summed E-state index contributed by atoms with van der Waals surface area (Å²) in [5.74, 6) is -0.618.